The molecule has 1 fully saturated rings. The molecule has 1 saturated heterocycles. The third-order valence-corrected chi connectivity index (χ3v) is 6.93. The number of carbonyl (C=O) groups excluding carboxylic acids is 1. The van der Waals surface area contributed by atoms with E-state index in [-0.39, 0.29) is 5.91 Å². The number of pyridine rings is 1. The zero-order valence-electron chi connectivity index (χ0n) is 22.4. The van der Waals surface area contributed by atoms with Crippen molar-refractivity contribution in [3.63, 3.8) is 0 Å². The Balaban J connectivity index is 1.31. The fourth-order valence-corrected chi connectivity index (χ4v) is 4.90. The number of hydrogen-bond acceptors (Lipinski definition) is 8. The molecule has 6 rings (SSSR count). The number of nitrogens with zero attached hydrogens (tertiary/aromatic N) is 5. The van der Waals surface area contributed by atoms with Gasteiger partial charge < -0.3 is 25.3 Å². The number of nitrogens with one attached hydrogen (secondary N) is 3. The molecule has 0 spiro atoms. The molecule has 3 N–H and O–H groups in total. The molecule has 1 aliphatic rings. The molecule has 1 aliphatic heterocycles. The molecule has 1 amide bonds. The van der Waals surface area contributed by atoms with Gasteiger partial charge in [0.1, 0.15) is 11.4 Å². The smallest absolute Gasteiger partial charge is 0.275 e. The molecule has 3 aromatic heterocycles. The minimum atomic E-state index is -0.277. The Hall–Kier alpha value is -4.83. The van der Waals surface area contributed by atoms with Gasteiger partial charge >= 0.3 is 0 Å². The van der Waals surface area contributed by atoms with Crippen LogP contribution in [-0.2, 0) is 7.05 Å². The zero-order chi connectivity index (χ0) is 27.5. The van der Waals surface area contributed by atoms with E-state index in [9.17, 15) is 4.79 Å². The van der Waals surface area contributed by atoms with E-state index < -0.39 is 0 Å². The quantitative estimate of drug-likeness (QED) is 0.269. The summed E-state index contributed by atoms with van der Waals surface area (Å²) in [6.45, 7) is 3.92. The average molecular weight is 535 g/mol. The lowest BCUT2D eigenvalue weighted by atomic mass is 10.0. The second kappa shape index (κ2) is 11.1. The second-order valence-electron chi connectivity index (χ2n) is 9.90. The van der Waals surface area contributed by atoms with E-state index in [4.69, 9.17) is 9.72 Å². The number of amides is 1. The monoisotopic (exact) mass is 534 g/mol. The van der Waals surface area contributed by atoms with Crippen molar-refractivity contribution in [2.24, 2.45) is 7.05 Å². The van der Waals surface area contributed by atoms with Crippen LogP contribution in [0.1, 0.15) is 28.9 Å². The molecule has 10 nitrogen and oxygen atoms in total. The predicted molar refractivity (Wildman–Crippen MR) is 155 cm³/mol. The summed E-state index contributed by atoms with van der Waals surface area (Å²) in [5.41, 5.74) is 3.42. The molecule has 40 heavy (non-hydrogen) atoms. The first kappa shape index (κ1) is 25.4. The number of anilines is 2. The van der Waals surface area contributed by atoms with Crippen LogP contribution >= 0.6 is 0 Å². The number of benzene rings is 2. The van der Waals surface area contributed by atoms with Gasteiger partial charge in [-0.15, -0.1) is 0 Å². The summed E-state index contributed by atoms with van der Waals surface area (Å²) in [6, 6.07) is 15.6. The number of hydrogen-bond donors (Lipinski definition) is 3. The Morgan fingerprint density at radius 3 is 2.80 bits per heavy atom. The van der Waals surface area contributed by atoms with Crippen molar-refractivity contribution in [1.29, 1.82) is 0 Å². The number of fused-ring (bicyclic) bond motifs is 1. The first-order valence-electron chi connectivity index (χ1n) is 13.3. The lowest BCUT2D eigenvalue weighted by Crippen LogP contribution is -2.38. The molecule has 202 valence electrons. The van der Waals surface area contributed by atoms with Crippen LogP contribution in [0.25, 0.3) is 22.0 Å². The summed E-state index contributed by atoms with van der Waals surface area (Å²) >= 11 is 0. The first-order chi connectivity index (χ1) is 19.5. The van der Waals surface area contributed by atoms with Crippen molar-refractivity contribution in [3.05, 3.63) is 84.7 Å². The standard InChI is InChI=1S/C30H30N8O2/c1-19-10-11-21-22(7-3-9-24(21)36-28(39)26-17-38(2)18-34-26)27(19)40-29-23(8-5-14-32-29)25-12-15-33-30(37-25)35-20-6-4-13-31-16-20/h3,5,7-12,14-15,17-18,20,31H,4,6,13,16H2,1-2H3,(H,36,39)(H,33,35,37). The van der Waals surface area contributed by atoms with Gasteiger partial charge in [-0.3, -0.25) is 4.79 Å². The van der Waals surface area contributed by atoms with Crippen LogP contribution in [0.5, 0.6) is 11.6 Å². The Kier molecular flexibility index (Phi) is 7.07. The minimum Gasteiger partial charge on any atom is -0.437 e. The topological polar surface area (TPSA) is 119 Å². The van der Waals surface area contributed by atoms with Crippen LogP contribution in [0.3, 0.4) is 0 Å². The Morgan fingerprint density at radius 2 is 1.98 bits per heavy atom. The van der Waals surface area contributed by atoms with Crippen molar-refractivity contribution in [2.45, 2.75) is 25.8 Å². The van der Waals surface area contributed by atoms with Crippen molar-refractivity contribution in [3.8, 4) is 22.9 Å². The van der Waals surface area contributed by atoms with Gasteiger partial charge in [0.25, 0.3) is 5.91 Å². The number of piperidine rings is 1. The third kappa shape index (κ3) is 5.34. The lowest BCUT2D eigenvalue weighted by Gasteiger charge is -2.23. The van der Waals surface area contributed by atoms with E-state index in [2.05, 4.69) is 30.9 Å². The summed E-state index contributed by atoms with van der Waals surface area (Å²) in [7, 11) is 1.83. The molecule has 4 heterocycles. The number of imidazole rings is 1. The normalized spacial score (nSPS) is 15.1. The van der Waals surface area contributed by atoms with Crippen LogP contribution < -0.4 is 20.7 Å². The molecule has 10 heteroatoms. The number of aromatic nitrogens is 5. The summed E-state index contributed by atoms with van der Waals surface area (Å²) in [5.74, 6) is 1.40. The molecular formula is C30H30N8O2. The van der Waals surface area contributed by atoms with E-state index in [1.165, 1.54) is 0 Å². The van der Waals surface area contributed by atoms with Gasteiger partial charge in [-0.05, 0) is 56.1 Å². The second-order valence-corrected chi connectivity index (χ2v) is 9.90. The lowest BCUT2D eigenvalue weighted by molar-refractivity contribution is 0.102. The van der Waals surface area contributed by atoms with E-state index in [1.807, 2.05) is 62.5 Å². The number of carbonyl (C=O) groups is 1. The minimum absolute atomic E-state index is 0.277. The molecule has 0 aliphatic carbocycles. The molecule has 1 atom stereocenters. The summed E-state index contributed by atoms with van der Waals surface area (Å²) in [6.07, 6.45) is 8.93. The highest BCUT2D eigenvalue weighted by Crippen LogP contribution is 2.38. The first-order valence-corrected chi connectivity index (χ1v) is 13.3. The zero-order valence-corrected chi connectivity index (χ0v) is 22.4. The van der Waals surface area contributed by atoms with Crippen LogP contribution in [0.15, 0.2) is 73.4 Å². The van der Waals surface area contributed by atoms with E-state index >= 15 is 0 Å². The van der Waals surface area contributed by atoms with E-state index in [1.54, 1.807) is 29.5 Å². The van der Waals surface area contributed by atoms with E-state index in [0.717, 1.165) is 47.8 Å². The Labute approximate surface area is 231 Å². The average Bonchev–Trinajstić information content (AvgIpc) is 3.42. The van der Waals surface area contributed by atoms with Gasteiger partial charge in [-0.2, -0.15) is 0 Å². The highest BCUT2D eigenvalue weighted by atomic mass is 16.5. The van der Waals surface area contributed by atoms with Crippen LogP contribution in [-0.4, -0.2) is 49.5 Å². The maximum Gasteiger partial charge on any atom is 0.275 e. The van der Waals surface area contributed by atoms with Crippen LogP contribution in [0, 0.1) is 6.92 Å². The third-order valence-electron chi connectivity index (χ3n) is 6.93. The van der Waals surface area contributed by atoms with Crippen molar-refractivity contribution in [1.82, 2.24) is 29.8 Å². The summed E-state index contributed by atoms with van der Waals surface area (Å²) < 4.78 is 8.25. The van der Waals surface area contributed by atoms with Crippen molar-refractivity contribution >= 4 is 28.3 Å². The number of aryl methyl sites for hydroxylation is 2. The van der Waals surface area contributed by atoms with Crippen LogP contribution in [0.2, 0.25) is 0 Å². The Bertz CT molecular complexity index is 1680. The van der Waals surface area contributed by atoms with E-state index in [0.29, 0.717) is 40.7 Å². The SMILES string of the molecule is Cc1ccc2c(NC(=O)c3cn(C)cn3)cccc2c1Oc1ncccc1-c1ccnc(NC2CCCNC2)n1. The largest absolute Gasteiger partial charge is 0.437 e. The van der Waals surface area contributed by atoms with Gasteiger partial charge in [0.2, 0.25) is 11.8 Å². The predicted octanol–water partition coefficient (Wildman–Crippen LogP) is 4.94. The highest BCUT2D eigenvalue weighted by Gasteiger charge is 2.18. The van der Waals surface area contributed by atoms with Gasteiger partial charge in [0, 0.05) is 54.7 Å². The molecule has 0 radical (unpaired) electrons. The summed E-state index contributed by atoms with van der Waals surface area (Å²) in [5, 5.41) is 11.5. The summed E-state index contributed by atoms with van der Waals surface area (Å²) in [4.78, 5) is 30.7. The van der Waals surface area contributed by atoms with Gasteiger partial charge in [-0.1, -0.05) is 24.3 Å². The fourth-order valence-electron chi connectivity index (χ4n) is 4.90. The van der Waals surface area contributed by atoms with Crippen LogP contribution in [0.4, 0.5) is 11.6 Å². The molecule has 1 unspecified atom stereocenters. The highest BCUT2D eigenvalue weighted by molar-refractivity contribution is 6.09. The molecule has 2 aromatic carbocycles. The maximum atomic E-state index is 12.8. The fraction of sp³-hybridized carbons (Fsp3) is 0.233. The van der Waals surface area contributed by atoms with Crippen molar-refractivity contribution < 1.29 is 9.53 Å². The Morgan fingerprint density at radius 1 is 1.05 bits per heavy atom. The molecule has 0 bridgehead atoms. The number of ether oxygens (including phenoxy) is 1. The molecular weight excluding hydrogens is 504 g/mol. The maximum absolute atomic E-state index is 12.8. The van der Waals surface area contributed by atoms with Gasteiger partial charge in [0.05, 0.1) is 17.6 Å². The van der Waals surface area contributed by atoms with Crippen molar-refractivity contribution in [2.75, 3.05) is 23.7 Å². The number of rotatable bonds is 7. The van der Waals surface area contributed by atoms with Gasteiger partial charge in [0.15, 0.2) is 0 Å². The molecule has 5 aromatic rings. The van der Waals surface area contributed by atoms with Gasteiger partial charge in [-0.25, -0.2) is 19.9 Å². The molecule has 0 saturated carbocycles.